The van der Waals surface area contributed by atoms with Crippen molar-refractivity contribution in [2.75, 3.05) is 5.32 Å². The van der Waals surface area contributed by atoms with Crippen LogP contribution in [0, 0.1) is 0 Å². The van der Waals surface area contributed by atoms with Crippen LogP contribution in [0.3, 0.4) is 0 Å². The van der Waals surface area contributed by atoms with Crippen LogP contribution < -0.4 is 5.32 Å². The third kappa shape index (κ3) is 3.60. The Morgan fingerprint density at radius 2 is 2.06 bits per heavy atom. The number of aliphatic hydroxyl groups excluding tert-OH is 1. The number of rotatable bonds is 4. The highest BCUT2D eigenvalue weighted by Crippen LogP contribution is 2.17. The third-order valence-corrected chi connectivity index (χ3v) is 2.84. The maximum atomic E-state index is 9.26. The Morgan fingerprint density at radius 3 is 2.72 bits per heavy atom. The third-order valence-electron chi connectivity index (χ3n) is 2.40. The van der Waals surface area contributed by atoms with Gasteiger partial charge in [0.05, 0.1) is 23.8 Å². The van der Waals surface area contributed by atoms with E-state index < -0.39 is 0 Å². The molecule has 92 valence electrons. The fraction of sp³-hybridized carbons (Fsp3) is 0.0714. The van der Waals surface area contributed by atoms with Gasteiger partial charge in [-0.05, 0) is 27.6 Å². The zero-order valence-electron chi connectivity index (χ0n) is 9.68. The minimum absolute atomic E-state index is 0.643. The molecule has 0 radical (unpaired) electrons. The molecule has 1 aromatic heterocycles. The van der Waals surface area contributed by atoms with E-state index in [4.69, 9.17) is 0 Å². The normalized spacial score (nSPS) is 11.3. The van der Waals surface area contributed by atoms with Crippen LogP contribution in [0.15, 0.2) is 65.2 Å². The first-order valence-corrected chi connectivity index (χ1v) is 6.32. The Balaban J connectivity index is 2.07. The van der Waals surface area contributed by atoms with Gasteiger partial charge in [-0.15, -0.1) is 0 Å². The maximum absolute atomic E-state index is 9.26. The second-order valence-electron chi connectivity index (χ2n) is 3.83. The first-order valence-electron chi connectivity index (χ1n) is 5.52. The minimum Gasteiger partial charge on any atom is -0.514 e. The average molecular weight is 305 g/mol. The van der Waals surface area contributed by atoms with Crippen LogP contribution in [-0.2, 0) is 6.42 Å². The lowest BCUT2D eigenvalue weighted by atomic mass is 10.1. The number of aromatic nitrogens is 1. The lowest BCUT2D eigenvalue weighted by Gasteiger charge is -2.10. The van der Waals surface area contributed by atoms with Crippen LogP contribution in [0.1, 0.15) is 5.56 Å². The zero-order chi connectivity index (χ0) is 12.8. The van der Waals surface area contributed by atoms with E-state index >= 15 is 0 Å². The molecule has 0 amide bonds. The van der Waals surface area contributed by atoms with Crippen LogP contribution in [0.2, 0.25) is 0 Å². The topological polar surface area (TPSA) is 45.1 Å². The van der Waals surface area contributed by atoms with Gasteiger partial charge in [-0.25, -0.2) is 0 Å². The maximum Gasteiger partial charge on any atom is 0.0987 e. The molecule has 0 bridgehead atoms. The molecule has 0 aliphatic heterocycles. The van der Waals surface area contributed by atoms with Crippen LogP contribution in [0.5, 0.6) is 0 Å². The quantitative estimate of drug-likeness (QED) is 0.842. The fourth-order valence-corrected chi connectivity index (χ4v) is 1.97. The van der Waals surface area contributed by atoms with Gasteiger partial charge in [0, 0.05) is 17.1 Å². The van der Waals surface area contributed by atoms with Crippen LogP contribution in [0.25, 0.3) is 0 Å². The Kier molecular flexibility index (Phi) is 4.36. The van der Waals surface area contributed by atoms with E-state index in [0.29, 0.717) is 6.42 Å². The number of pyridine rings is 1. The van der Waals surface area contributed by atoms with Crippen LogP contribution in [-0.4, -0.2) is 10.1 Å². The van der Waals surface area contributed by atoms with Gasteiger partial charge >= 0.3 is 0 Å². The van der Waals surface area contributed by atoms with E-state index in [0.717, 1.165) is 27.7 Å². The summed E-state index contributed by atoms with van der Waals surface area (Å²) in [6, 6.07) is 11.9. The van der Waals surface area contributed by atoms with Crippen molar-refractivity contribution in [1.82, 2.24) is 4.98 Å². The largest absolute Gasteiger partial charge is 0.514 e. The molecule has 0 atom stereocenters. The molecule has 0 fully saturated rings. The van der Waals surface area contributed by atoms with Crippen molar-refractivity contribution in [3.63, 3.8) is 0 Å². The predicted octanol–water partition coefficient (Wildman–Crippen LogP) is 3.90. The molecular formula is C14H13BrN2O. The summed E-state index contributed by atoms with van der Waals surface area (Å²) in [7, 11) is 0. The molecule has 2 N–H and O–H groups in total. The van der Waals surface area contributed by atoms with E-state index in [1.54, 1.807) is 12.4 Å². The lowest BCUT2D eigenvalue weighted by Crippen LogP contribution is -2.03. The zero-order valence-corrected chi connectivity index (χ0v) is 11.3. The summed E-state index contributed by atoms with van der Waals surface area (Å²) in [5.41, 5.74) is 2.69. The highest BCUT2D eigenvalue weighted by molar-refractivity contribution is 9.10. The standard InChI is InChI=1S/C14H13BrN2O/c15-12-7-13(9-16-8-12)17-14(10-18)6-11-4-2-1-3-5-11/h1-5,7-10,17-18H,6H2/b14-10-. The molecule has 2 aromatic rings. The number of hydrogen-bond acceptors (Lipinski definition) is 3. The summed E-state index contributed by atoms with van der Waals surface area (Å²) < 4.78 is 0.893. The predicted molar refractivity (Wildman–Crippen MR) is 76.4 cm³/mol. The highest BCUT2D eigenvalue weighted by Gasteiger charge is 2.01. The highest BCUT2D eigenvalue weighted by atomic mass is 79.9. The van der Waals surface area contributed by atoms with Crippen molar-refractivity contribution < 1.29 is 5.11 Å². The summed E-state index contributed by atoms with van der Waals surface area (Å²) in [6.45, 7) is 0. The average Bonchev–Trinajstić information content (AvgIpc) is 2.39. The van der Waals surface area contributed by atoms with E-state index in [9.17, 15) is 5.11 Å². The number of anilines is 1. The first kappa shape index (κ1) is 12.6. The van der Waals surface area contributed by atoms with Crippen molar-refractivity contribution in [3.05, 3.63) is 70.8 Å². The molecule has 4 heteroatoms. The molecule has 0 saturated heterocycles. The van der Waals surface area contributed by atoms with Crippen molar-refractivity contribution in [2.24, 2.45) is 0 Å². The lowest BCUT2D eigenvalue weighted by molar-refractivity contribution is 0.466. The SMILES string of the molecule is O/C=C(/Cc1ccccc1)Nc1cncc(Br)c1. The summed E-state index contributed by atoms with van der Waals surface area (Å²) >= 11 is 3.36. The van der Waals surface area contributed by atoms with Gasteiger partial charge in [0.15, 0.2) is 0 Å². The summed E-state index contributed by atoms with van der Waals surface area (Å²) in [4.78, 5) is 4.06. The summed E-state index contributed by atoms with van der Waals surface area (Å²) in [6.07, 6.45) is 5.15. The molecule has 0 saturated carbocycles. The molecule has 0 aliphatic rings. The molecule has 0 aliphatic carbocycles. The molecule has 3 nitrogen and oxygen atoms in total. The molecule has 2 rings (SSSR count). The Labute approximate surface area is 114 Å². The van der Waals surface area contributed by atoms with Gasteiger partial charge in [0.1, 0.15) is 0 Å². The van der Waals surface area contributed by atoms with Crippen LogP contribution >= 0.6 is 15.9 Å². The molecule has 0 unspecified atom stereocenters. The molecular weight excluding hydrogens is 292 g/mol. The van der Waals surface area contributed by atoms with Crippen molar-refractivity contribution in [2.45, 2.75) is 6.42 Å². The van der Waals surface area contributed by atoms with Gasteiger partial charge in [-0.1, -0.05) is 30.3 Å². The number of allylic oxidation sites excluding steroid dienone is 1. The number of halogens is 1. The van der Waals surface area contributed by atoms with E-state index in [2.05, 4.69) is 26.2 Å². The second kappa shape index (κ2) is 6.21. The van der Waals surface area contributed by atoms with E-state index in [-0.39, 0.29) is 0 Å². The Hall–Kier alpha value is -1.81. The van der Waals surface area contributed by atoms with Gasteiger partial charge in [-0.3, -0.25) is 4.98 Å². The Bertz CT molecular complexity index is 541. The molecule has 18 heavy (non-hydrogen) atoms. The van der Waals surface area contributed by atoms with Gasteiger partial charge in [0.25, 0.3) is 0 Å². The fourth-order valence-electron chi connectivity index (χ4n) is 1.60. The Morgan fingerprint density at radius 1 is 1.28 bits per heavy atom. The van der Waals surface area contributed by atoms with Crippen molar-refractivity contribution in [3.8, 4) is 0 Å². The smallest absolute Gasteiger partial charge is 0.0987 e. The first-order chi connectivity index (χ1) is 8.78. The van der Waals surface area contributed by atoms with Gasteiger partial charge in [-0.2, -0.15) is 0 Å². The van der Waals surface area contributed by atoms with Gasteiger partial charge < -0.3 is 10.4 Å². The van der Waals surface area contributed by atoms with Crippen LogP contribution in [0.4, 0.5) is 5.69 Å². The molecule has 0 spiro atoms. The number of nitrogens with zero attached hydrogens (tertiary/aromatic N) is 1. The number of aliphatic hydroxyl groups is 1. The van der Waals surface area contributed by atoms with Crippen molar-refractivity contribution >= 4 is 21.6 Å². The molecule has 1 heterocycles. The summed E-state index contributed by atoms with van der Waals surface area (Å²) in [5, 5.41) is 12.4. The number of nitrogens with one attached hydrogen (secondary N) is 1. The number of benzene rings is 1. The molecule has 1 aromatic carbocycles. The monoisotopic (exact) mass is 304 g/mol. The van der Waals surface area contributed by atoms with E-state index in [1.165, 1.54) is 0 Å². The second-order valence-corrected chi connectivity index (χ2v) is 4.75. The van der Waals surface area contributed by atoms with E-state index in [1.807, 2.05) is 36.4 Å². The number of hydrogen-bond donors (Lipinski definition) is 2. The summed E-state index contributed by atoms with van der Waals surface area (Å²) in [5.74, 6) is 0. The minimum atomic E-state index is 0.643. The van der Waals surface area contributed by atoms with Gasteiger partial charge in [0.2, 0.25) is 0 Å². The van der Waals surface area contributed by atoms with Crippen molar-refractivity contribution in [1.29, 1.82) is 0 Å².